The van der Waals surface area contributed by atoms with Gasteiger partial charge in [-0.1, -0.05) is 46.0 Å². The number of carbonyl (C=O) groups is 2. The van der Waals surface area contributed by atoms with E-state index >= 15 is 0 Å². The molecule has 0 aliphatic carbocycles. The van der Waals surface area contributed by atoms with Crippen LogP contribution in [-0.4, -0.2) is 66.4 Å². The van der Waals surface area contributed by atoms with E-state index < -0.39 is 24.0 Å². The second kappa shape index (κ2) is 23.7. The van der Waals surface area contributed by atoms with Crippen molar-refractivity contribution in [1.29, 1.82) is 0 Å². The molecule has 0 radical (unpaired) electrons. The second-order valence-corrected chi connectivity index (χ2v) is 7.84. The van der Waals surface area contributed by atoms with E-state index in [1.54, 1.807) is 0 Å². The minimum atomic E-state index is -0.805. The molecule has 0 aliphatic rings. The van der Waals surface area contributed by atoms with Crippen molar-refractivity contribution in [3.05, 3.63) is 0 Å². The molecule has 0 aromatic heterocycles. The van der Waals surface area contributed by atoms with E-state index in [1.807, 2.05) is 6.92 Å². The topological polar surface area (TPSA) is 189 Å². The summed E-state index contributed by atoms with van der Waals surface area (Å²) in [6.07, 6.45) is 10.8. The molecule has 190 valence electrons. The molecule has 0 spiro atoms. The van der Waals surface area contributed by atoms with Gasteiger partial charge in [-0.3, -0.25) is 14.6 Å². The minimum absolute atomic E-state index is 0.0527. The summed E-state index contributed by atoms with van der Waals surface area (Å²) in [6, 6.07) is -0.923. The first-order chi connectivity index (χ1) is 15.3. The van der Waals surface area contributed by atoms with Crippen molar-refractivity contribution in [2.24, 2.45) is 22.2 Å². The number of carboxylic acids is 2. The lowest BCUT2D eigenvalue weighted by molar-refractivity contribution is -0.140. The summed E-state index contributed by atoms with van der Waals surface area (Å²) in [4.78, 5) is 25.5. The molecule has 0 heterocycles. The molecule has 0 rings (SSSR count). The third-order valence-electron chi connectivity index (χ3n) is 4.80. The number of unbranched alkanes of at least 4 members (excludes halogenated alkanes) is 5. The Hall–Kier alpha value is -1.91. The van der Waals surface area contributed by atoms with Gasteiger partial charge in [-0.2, -0.15) is 0 Å². The van der Waals surface area contributed by atoms with E-state index in [0.717, 1.165) is 38.8 Å². The number of carboxylic acid groups (broad SMARTS) is 2. The first kappa shape index (κ1) is 32.3. The molecule has 0 aromatic carbocycles. The van der Waals surface area contributed by atoms with Crippen molar-refractivity contribution in [3.63, 3.8) is 0 Å². The van der Waals surface area contributed by atoms with Crippen LogP contribution in [0, 0.1) is 0 Å². The fourth-order valence-electron chi connectivity index (χ4n) is 2.95. The van der Waals surface area contributed by atoms with Gasteiger partial charge in [-0.15, -0.1) is 0 Å². The molecule has 0 unspecified atom stereocenters. The number of hydrogen-bond acceptors (Lipinski definition) is 6. The zero-order chi connectivity index (χ0) is 24.6. The molecule has 0 aromatic rings. The third-order valence-corrected chi connectivity index (χ3v) is 4.80. The van der Waals surface area contributed by atoms with Gasteiger partial charge in [0, 0.05) is 6.54 Å². The normalized spacial score (nSPS) is 12.3. The Morgan fingerprint density at radius 1 is 0.781 bits per heavy atom. The van der Waals surface area contributed by atoms with E-state index in [1.165, 1.54) is 25.7 Å². The number of nitrogens with zero attached hydrogens (tertiary/aromatic N) is 1. The molecule has 0 fully saturated rings. The van der Waals surface area contributed by atoms with E-state index in [9.17, 15) is 9.59 Å². The maximum Gasteiger partial charge on any atom is 0.320 e. The summed E-state index contributed by atoms with van der Waals surface area (Å²) in [5.41, 5.74) is 15.7. The molecule has 32 heavy (non-hydrogen) atoms. The average Bonchev–Trinajstić information content (AvgIpc) is 2.74. The van der Waals surface area contributed by atoms with Gasteiger partial charge in [0.1, 0.15) is 12.1 Å². The van der Waals surface area contributed by atoms with Crippen molar-refractivity contribution in [3.8, 4) is 0 Å². The SMILES string of the molecule is CCCCCCCCN[C@@H](CCCN=C(N)N)C(=O)O.CCCN[C@@H](CCCN)C(=O)O. The van der Waals surface area contributed by atoms with Gasteiger partial charge in [0.15, 0.2) is 5.96 Å². The number of hydrogen-bond donors (Lipinski definition) is 7. The molecule has 2 atom stereocenters. The Kier molecular flexibility index (Phi) is 23.9. The van der Waals surface area contributed by atoms with Crippen LogP contribution in [0.3, 0.4) is 0 Å². The summed E-state index contributed by atoms with van der Waals surface area (Å²) in [5, 5.41) is 23.9. The van der Waals surface area contributed by atoms with Crippen LogP contribution in [0.25, 0.3) is 0 Å². The van der Waals surface area contributed by atoms with Crippen LogP contribution in [0.2, 0.25) is 0 Å². The van der Waals surface area contributed by atoms with E-state index in [2.05, 4.69) is 22.5 Å². The van der Waals surface area contributed by atoms with Crippen molar-refractivity contribution in [1.82, 2.24) is 10.6 Å². The number of aliphatic carboxylic acids is 2. The number of aliphatic imine (C=N–C) groups is 1. The van der Waals surface area contributed by atoms with Gasteiger partial charge < -0.3 is 38.0 Å². The molecule has 0 saturated heterocycles. The van der Waals surface area contributed by atoms with E-state index in [-0.39, 0.29) is 5.96 Å². The molecule has 0 aliphatic heterocycles. The standard InChI is InChI=1S/C14H30N4O2.C8H18N2O2/c1-2-3-4-5-6-7-10-17-12(13(19)20)9-8-11-18-14(15)16;1-2-6-10-7(8(11)12)4-3-5-9/h12,17H,2-11H2,1H3,(H,19,20)(H4,15,16,18);7,10H,2-6,9H2,1H3,(H,11,12)/t12-;7-/m00/s1. The first-order valence-electron chi connectivity index (χ1n) is 12.0. The fourth-order valence-corrected chi connectivity index (χ4v) is 2.95. The highest BCUT2D eigenvalue weighted by molar-refractivity contribution is 5.75. The Labute approximate surface area is 193 Å². The van der Waals surface area contributed by atoms with Crippen LogP contribution in [-0.2, 0) is 9.59 Å². The quantitative estimate of drug-likeness (QED) is 0.0804. The Bertz CT molecular complexity index is 479. The van der Waals surface area contributed by atoms with Gasteiger partial charge >= 0.3 is 11.9 Å². The third kappa shape index (κ3) is 22.8. The largest absolute Gasteiger partial charge is 0.480 e. The van der Waals surface area contributed by atoms with Crippen molar-refractivity contribution in [2.45, 2.75) is 96.6 Å². The fraction of sp³-hybridized carbons (Fsp3) is 0.864. The Morgan fingerprint density at radius 3 is 1.81 bits per heavy atom. The van der Waals surface area contributed by atoms with Crippen LogP contribution in [0.15, 0.2) is 4.99 Å². The lowest BCUT2D eigenvalue weighted by Crippen LogP contribution is -2.37. The van der Waals surface area contributed by atoms with Crippen molar-refractivity contribution >= 4 is 17.9 Å². The maximum atomic E-state index is 11.1. The van der Waals surface area contributed by atoms with Gasteiger partial charge in [-0.05, 0) is 58.2 Å². The van der Waals surface area contributed by atoms with Crippen LogP contribution in [0.5, 0.6) is 0 Å². The molecular weight excluding hydrogens is 412 g/mol. The monoisotopic (exact) mass is 460 g/mol. The van der Waals surface area contributed by atoms with Crippen molar-refractivity contribution < 1.29 is 19.8 Å². The molecule has 10 nitrogen and oxygen atoms in total. The zero-order valence-electron chi connectivity index (χ0n) is 20.2. The predicted molar refractivity (Wildman–Crippen MR) is 131 cm³/mol. The molecular formula is C22H48N6O4. The van der Waals surface area contributed by atoms with E-state index in [0.29, 0.717) is 32.4 Å². The van der Waals surface area contributed by atoms with Gasteiger partial charge in [0.25, 0.3) is 0 Å². The second-order valence-electron chi connectivity index (χ2n) is 7.84. The molecule has 0 bridgehead atoms. The smallest absolute Gasteiger partial charge is 0.320 e. The molecule has 10 heteroatoms. The first-order valence-corrected chi connectivity index (χ1v) is 12.0. The summed E-state index contributed by atoms with van der Waals surface area (Å²) in [7, 11) is 0. The lowest BCUT2D eigenvalue weighted by Gasteiger charge is -2.13. The van der Waals surface area contributed by atoms with Crippen LogP contribution in [0.4, 0.5) is 0 Å². The van der Waals surface area contributed by atoms with Crippen LogP contribution < -0.4 is 27.8 Å². The van der Waals surface area contributed by atoms with Gasteiger partial charge in [0.05, 0.1) is 0 Å². The number of nitrogens with one attached hydrogen (secondary N) is 2. The van der Waals surface area contributed by atoms with Gasteiger partial charge in [0.2, 0.25) is 0 Å². The van der Waals surface area contributed by atoms with E-state index in [4.69, 9.17) is 27.4 Å². The highest BCUT2D eigenvalue weighted by Gasteiger charge is 2.15. The number of nitrogens with two attached hydrogens (primary N) is 3. The van der Waals surface area contributed by atoms with Gasteiger partial charge in [-0.25, -0.2) is 0 Å². The average molecular weight is 461 g/mol. The summed E-state index contributed by atoms with van der Waals surface area (Å²) >= 11 is 0. The van der Waals surface area contributed by atoms with Crippen molar-refractivity contribution in [2.75, 3.05) is 26.2 Å². The summed E-state index contributed by atoms with van der Waals surface area (Å²) < 4.78 is 0. The molecule has 0 saturated carbocycles. The zero-order valence-corrected chi connectivity index (χ0v) is 20.2. The summed E-state index contributed by atoms with van der Waals surface area (Å²) in [5.74, 6) is -1.53. The maximum absolute atomic E-state index is 11.1. The minimum Gasteiger partial charge on any atom is -0.480 e. The molecule has 10 N–H and O–H groups in total. The highest BCUT2D eigenvalue weighted by Crippen LogP contribution is 2.05. The Morgan fingerprint density at radius 2 is 1.31 bits per heavy atom. The lowest BCUT2D eigenvalue weighted by atomic mass is 10.1. The van der Waals surface area contributed by atoms with Crippen LogP contribution >= 0.6 is 0 Å². The Balaban J connectivity index is 0. The van der Waals surface area contributed by atoms with Crippen LogP contribution in [0.1, 0.15) is 84.5 Å². The number of guanidine groups is 1. The molecule has 0 amide bonds. The number of rotatable bonds is 20. The highest BCUT2D eigenvalue weighted by atomic mass is 16.4. The summed E-state index contributed by atoms with van der Waals surface area (Å²) in [6.45, 7) is 6.74. The predicted octanol–water partition coefficient (Wildman–Crippen LogP) is 1.62.